The summed E-state index contributed by atoms with van der Waals surface area (Å²) in [5.74, 6) is 0.911. The third-order valence-corrected chi connectivity index (χ3v) is 1.68. The molecule has 0 aromatic carbocycles. The molecule has 0 nitrogen and oxygen atoms in total. The topological polar surface area (TPSA) is 0 Å². The third-order valence-electron chi connectivity index (χ3n) is 1.68. The molecule has 0 radical (unpaired) electrons. The van der Waals surface area contributed by atoms with Gasteiger partial charge in [0.15, 0.2) is 0 Å². The van der Waals surface area contributed by atoms with Crippen LogP contribution in [-0.2, 0) is 0 Å². The Morgan fingerprint density at radius 3 is 2.22 bits per heavy atom. The van der Waals surface area contributed by atoms with Gasteiger partial charge in [-0.1, -0.05) is 26.2 Å². The van der Waals surface area contributed by atoms with Gasteiger partial charge in [0.05, 0.1) is 0 Å². The Balaban J connectivity index is 0. The maximum absolute atomic E-state index is 2.43. The van der Waals surface area contributed by atoms with Crippen molar-refractivity contribution < 1.29 is 17.0 Å². The van der Waals surface area contributed by atoms with E-state index in [4.69, 9.17) is 0 Å². The van der Waals surface area contributed by atoms with E-state index in [-0.39, 0.29) is 40.0 Å². The summed E-state index contributed by atoms with van der Waals surface area (Å²) in [4.78, 5) is 0. The first kappa shape index (κ1) is 12.9. The molecule has 0 spiro atoms. The predicted octanol–water partition coefficient (Wildman–Crippen LogP) is -0.976. The second-order valence-corrected chi connectivity index (χ2v) is 2.50. The zero-order valence-electron chi connectivity index (χ0n) is 6.07. The van der Waals surface area contributed by atoms with Gasteiger partial charge in [-0.05, 0) is 0 Å². The Morgan fingerprint density at radius 1 is 1.33 bits per heavy atom. The molecule has 1 atom stereocenters. The smallest absolute Gasteiger partial charge is 1.00 e. The van der Waals surface area contributed by atoms with Gasteiger partial charge in [-0.25, -0.2) is 0 Å². The Bertz CT molecular complexity index is 50.9. The SMILES string of the molecule is CC1[CH-]CCCC1.[Br-].[Mg+2]. The van der Waals surface area contributed by atoms with Crippen molar-refractivity contribution in [3.63, 3.8) is 0 Å². The maximum Gasteiger partial charge on any atom is 2.00 e. The van der Waals surface area contributed by atoms with Crippen LogP contribution in [0.3, 0.4) is 0 Å². The second-order valence-electron chi connectivity index (χ2n) is 2.50. The molecule has 1 rings (SSSR count). The minimum atomic E-state index is 0. The average Bonchev–Trinajstić information content (AvgIpc) is 1.69. The van der Waals surface area contributed by atoms with Crippen molar-refractivity contribution in [1.82, 2.24) is 0 Å². The molecule has 0 aromatic rings. The Kier molecular flexibility index (Phi) is 10.5. The van der Waals surface area contributed by atoms with Crippen molar-refractivity contribution in [2.24, 2.45) is 5.92 Å². The van der Waals surface area contributed by atoms with Crippen molar-refractivity contribution in [3.05, 3.63) is 6.42 Å². The molecule has 1 fully saturated rings. The zero-order chi connectivity index (χ0) is 5.11. The molecular weight excluding hydrogens is 188 g/mol. The molecule has 0 aliphatic heterocycles. The summed E-state index contributed by atoms with van der Waals surface area (Å²) in [6.45, 7) is 2.30. The van der Waals surface area contributed by atoms with Crippen molar-refractivity contribution in [2.75, 3.05) is 0 Å². The average molecular weight is 201 g/mol. The van der Waals surface area contributed by atoms with Gasteiger partial charge in [-0.3, -0.25) is 0 Å². The van der Waals surface area contributed by atoms with E-state index >= 15 is 0 Å². The van der Waals surface area contributed by atoms with Crippen molar-refractivity contribution in [1.29, 1.82) is 0 Å². The van der Waals surface area contributed by atoms with Gasteiger partial charge >= 0.3 is 23.1 Å². The summed E-state index contributed by atoms with van der Waals surface area (Å²) in [6, 6.07) is 0. The Hall–Kier alpha value is 1.25. The fourth-order valence-electron chi connectivity index (χ4n) is 1.13. The molecule has 9 heavy (non-hydrogen) atoms. The van der Waals surface area contributed by atoms with Crippen LogP contribution in [0.2, 0.25) is 0 Å². The fourth-order valence-corrected chi connectivity index (χ4v) is 1.13. The molecule has 1 saturated carbocycles. The van der Waals surface area contributed by atoms with Crippen LogP contribution in [0.25, 0.3) is 0 Å². The summed E-state index contributed by atoms with van der Waals surface area (Å²) in [5.41, 5.74) is 0. The molecule has 0 saturated heterocycles. The van der Waals surface area contributed by atoms with E-state index < -0.39 is 0 Å². The quantitative estimate of drug-likeness (QED) is 0.349. The van der Waals surface area contributed by atoms with E-state index in [1.54, 1.807) is 0 Å². The minimum Gasteiger partial charge on any atom is -1.00 e. The maximum atomic E-state index is 2.43. The minimum absolute atomic E-state index is 0. The number of rotatable bonds is 0. The second kappa shape index (κ2) is 7.35. The van der Waals surface area contributed by atoms with E-state index in [9.17, 15) is 0 Å². The van der Waals surface area contributed by atoms with Crippen LogP contribution in [-0.4, -0.2) is 23.1 Å². The van der Waals surface area contributed by atoms with E-state index in [0.29, 0.717) is 0 Å². The molecular formula is C7H13BrMg. The van der Waals surface area contributed by atoms with Crippen LogP contribution in [0.15, 0.2) is 0 Å². The van der Waals surface area contributed by atoms with Crippen molar-refractivity contribution >= 4 is 23.1 Å². The van der Waals surface area contributed by atoms with Crippen LogP contribution in [0.1, 0.15) is 32.6 Å². The largest absolute Gasteiger partial charge is 2.00 e. The third kappa shape index (κ3) is 5.68. The normalized spacial score (nSPS) is 25.7. The Morgan fingerprint density at radius 2 is 2.00 bits per heavy atom. The van der Waals surface area contributed by atoms with Gasteiger partial charge < -0.3 is 23.4 Å². The monoisotopic (exact) mass is 200 g/mol. The fraction of sp³-hybridized carbons (Fsp3) is 0.857. The van der Waals surface area contributed by atoms with Crippen molar-refractivity contribution in [3.8, 4) is 0 Å². The van der Waals surface area contributed by atoms with Gasteiger partial charge in [0.25, 0.3) is 0 Å². The summed E-state index contributed by atoms with van der Waals surface area (Å²) >= 11 is 0. The molecule has 1 aliphatic carbocycles. The van der Waals surface area contributed by atoms with Gasteiger partial charge in [0.2, 0.25) is 0 Å². The van der Waals surface area contributed by atoms with Crippen molar-refractivity contribution in [2.45, 2.75) is 32.6 Å². The number of hydrogen-bond acceptors (Lipinski definition) is 0. The molecule has 0 amide bonds. The van der Waals surface area contributed by atoms with Gasteiger partial charge in [-0.15, -0.1) is 0 Å². The van der Waals surface area contributed by atoms with Crippen LogP contribution in [0.5, 0.6) is 0 Å². The zero-order valence-corrected chi connectivity index (χ0v) is 9.07. The summed E-state index contributed by atoms with van der Waals surface area (Å²) in [7, 11) is 0. The predicted molar refractivity (Wildman–Crippen MR) is 37.7 cm³/mol. The summed E-state index contributed by atoms with van der Waals surface area (Å²) in [5, 5.41) is 0. The number of hydrogen-bond donors (Lipinski definition) is 0. The molecule has 2 heteroatoms. The summed E-state index contributed by atoms with van der Waals surface area (Å²) < 4.78 is 0. The van der Waals surface area contributed by atoms with Crippen LogP contribution in [0, 0.1) is 12.3 Å². The van der Waals surface area contributed by atoms with Crippen LogP contribution < -0.4 is 17.0 Å². The van der Waals surface area contributed by atoms with E-state index in [2.05, 4.69) is 13.3 Å². The molecule has 50 valence electrons. The van der Waals surface area contributed by atoms with Crippen LogP contribution >= 0.6 is 0 Å². The van der Waals surface area contributed by atoms with Gasteiger partial charge in [0.1, 0.15) is 0 Å². The van der Waals surface area contributed by atoms with E-state index in [1.807, 2.05) is 0 Å². The molecule has 0 heterocycles. The molecule has 0 bridgehead atoms. The summed E-state index contributed by atoms with van der Waals surface area (Å²) in [6.07, 6.45) is 8.12. The Labute approximate surface area is 84.7 Å². The first-order valence-corrected chi connectivity index (χ1v) is 3.23. The first-order chi connectivity index (χ1) is 3.39. The molecule has 0 aromatic heterocycles. The molecule has 0 N–H and O–H groups in total. The van der Waals surface area contributed by atoms with E-state index in [1.165, 1.54) is 25.7 Å². The number of halogens is 1. The van der Waals surface area contributed by atoms with Crippen LogP contribution in [0.4, 0.5) is 0 Å². The van der Waals surface area contributed by atoms with Gasteiger partial charge in [-0.2, -0.15) is 12.3 Å². The van der Waals surface area contributed by atoms with Gasteiger partial charge in [0, 0.05) is 0 Å². The molecule has 1 unspecified atom stereocenters. The molecule has 1 aliphatic rings. The first-order valence-electron chi connectivity index (χ1n) is 3.23. The standard InChI is InChI=1S/C7H13.BrH.Mg/c1-7-5-3-2-4-6-7;;/h5,7H,2-4,6H2,1H3;1H;/q-1;;+2/p-1. The van der Waals surface area contributed by atoms with E-state index in [0.717, 1.165) is 5.92 Å².